The van der Waals surface area contributed by atoms with E-state index in [0.717, 1.165) is 29.8 Å². The molecule has 7 heteroatoms. The largest absolute Gasteiger partial charge is 0.338 e. The van der Waals surface area contributed by atoms with Crippen LogP contribution in [0.4, 0.5) is 5.13 Å². The van der Waals surface area contributed by atoms with Crippen LogP contribution in [0.2, 0.25) is 0 Å². The molecule has 0 fully saturated rings. The van der Waals surface area contributed by atoms with Gasteiger partial charge in [-0.2, -0.15) is 0 Å². The number of aromatic nitrogens is 2. The zero-order chi connectivity index (χ0) is 25.0. The Bertz CT molecular complexity index is 1080. The second kappa shape index (κ2) is 13.7. The summed E-state index contributed by atoms with van der Waals surface area (Å²) in [5.74, 6) is -0.193. The average Bonchev–Trinajstić information content (AvgIpc) is 3.33. The summed E-state index contributed by atoms with van der Waals surface area (Å²) in [6.45, 7) is 7.34. The van der Waals surface area contributed by atoms with Crippen molar-refractivity contribution in [3.63, 3.8) is 0 Å². The van der Waals surface area contributed by atoms with E-state index in [1.54, 1.807) is 4.90 Å². The molecule has 0 saturated heterocycles. The first-order chi connectivity index (χ1) is 17.0. The van der Waals surface area contributed by atoms with Gasteiger partial charge < -0.3 is 10.2 Å². The molecular weight excluding hydrogens is 456 g/mol. The fourth-order valence-corrected chi connectivity index (χ4v) is 4.51. The summed E-state index contributed by atoms with van der Waals surface area (Å²) in [6, 6.07) is 16.0. The summed E-state index contributed by atoms with van der Waals surface area (Å²) in [5.41, 5.74) is 4.09. The van der Waals surface area contributed by atoms with Crippen molar-refractivity contribution in [2.75, 3.05) is 18.4 Å². The number of unbranched alkanes of at least 4 members (excludes halogenated alkanes) is 3. The third-order valence-corrected chi connectivity index (χ3v) is 6.81. The number of aryl methyl sites for hydroxylation is 2. The Morgan fingerprint density at radius 1 is 0.886 bits per heavy atom. The SMILES string of the molecule is CCCCCc1ccc(C(=O)N(CCCC)CCC(=O)Nc2nnc(-c3ccc(C)cc3)s2)cc1. The normalized spacial score (nSPS) is 10.8. The van der Waals surface area contributed by atoms with Crippen molar-refractivity contribution in [2.24, 2.45) is 0 Å². The third kappa shape index (κ3) is 8.28. The zero-order valence-electron chi connectivity index (χ0n) is 21.0. The van der Waals surface area contributed by atoms with Gasteiger partial charge in [-0.1, -0.05) is 86.4 Å². The van der Waals surface area contributed by atoms with E-state index in [-0.39, 0.29) is 18.2 Å². The highest BCUT2D eigenvalue weighted by Crippen LogP contribution is 2.26. The lowest BCUT2D eigenvalue weighted by Gasteiger charge is -2.22. The molecule has 0 bridgehead atoms. The molecule has 1 N–H and O–H groups in total. The van der Waals surface area contributed by atoms with Crippen molar-refractivity contribution >= 4 is 28.3 Å². The van der Waals surface area contributed by atoms with Crippen LogP contribution in [0.1, 0.15) is 73.9 Å². The maximum atomic E-state index is 13.2. The molecule has 0 spiro atoms. The Hall–Kier alpha value is -3.06. The van der Waals surface area contributed by atoms with E-state index in [4.69, 9.17) is 0 Å². The number of benzene rings is 2. The molecule has 0 radical (unpaired) electrons. The number of amides is 2. The van der Waals surface area contributed by atoms with Crippen molar-refractivity contribution in [3.05, 3.63) is 65.2 Å². The van der Waals surface area contributed by atoms with Gasteiger partial charge in [0.05, 0.1) is 0 Å². The Morgan fingerprint density at radius 2 is 1.60 bits per heavy atom. The number of anilines is 1. The topological polar surface area (TPSA) is 75.2 Å². The molecule has 0 aliphatic carbocycles. The quantitative estimate of drug-likeness (QED) is 0.276. The Labute approximate surface area is 212 Å². The van der Waals surface area contributed by atoms with Crippen LogP contribution in [0.15, 0.2) is 48.5 Å². The van der Waals surface area contributed by atoms with Gasteiger partial charge in [0, 0.05) is 30.6 Å². The highest BCUT2D eigenvalue weighted by atomic mass is 32.1. The summed E-state index contributed by atoms with van der Waals surface area (Å²) >= 11 is 1.34. The van der Waals surface area contributed by atoms with Gasteiger partial charge in [-0.15, -0.1) is 10.2 Å². The number of nitrogens with one attached hydrogen (secondary N) is 1. The second-order valence-electron chi connectivity index (χ2n) is 8.88. The summed E-state index contributed by atoms with van der Waals surface area (Å²) in [6.07, 6.45) is 6.73. The van der Waals surface area contributed by atoms with Crippen LogP contribution in [0.25, 0.3) is 10.6 Å². The standard InChI is InChI=1S/C28H36N4O2S/c1-4-6-8-9-22-12-16-24(17-13-22)27(34)32(19-7-5-2)20-18-25(33)29-28-31-30-26(35-28)23-14-10-21(3)11-15-23/h10-17H,4-9,18-20H2,1-3H3,(H,29,31,33). The van der Waals surface area contributed by atoms with Gasteiger partial charge in [0.25, 0.3) is 5.91 Å². The number of carbonyl (C=O) groups is 2. The van der Waals surface area contributed by atoms with E-state index in [0.29, 0.717) is 23.8 Å². The minimum atomic E-state index is -0.169. The molecule has 2 aromatic carbocycles. The van der Waals surface area contributed by atoms with Crippen LogP contribution in [-0.4, -0.2) is 40.0 Å². The summed E-state index contributed by atoms with van der Waals surface area (Å²) in [4.78, 5) is 27.5. The van der Waals surface area contributed by atoms with E-state index in [1.165, 1.54) is 41.7 Å². The Balaban J connectivity index is 1.56. The summed E-state index contributed by atoms with van der Waals surface area (Å²) in [7, 11) is 0. The van der Waals surface area contributed by atoms with Crippen LogP contribution < -0.4 is 5.32 Å². The lowest BCUT2D eigenvalue weighted by molar-refractivity contribution is -0.116. The molecule has 35 heavy (non-hydrogen) atoms. The Kier molecular flexibility index (Phi) is 10.4. The molecule has 186 valence electrons. The second-order valence-corrected chi connectivity index (χ2v) is 9.85. The molecule has 0 saturated carbocycles. The first-order valence-corrected chi connectivity index (χ1v) is 13.4. The fraction of sp³-hybridized carbons (Fsp3) is 0.429. The lowest BCUT2D eigenvalue weighted by Crippen LogP contribution is -2.34. The number of carbonyl (C=O) groups excluding carboxylic acids is 2. The maximum Gasteiger partial charge on any atom is 0.253 e. The molecule has 0 unspecified atom stereocenters. The molecule has 3 aromatic rings. The van der Waals surface area contributed by atoms with Gasteiger partial charge in [0.1, 0.15) is 5.01 Å². The minimum Gasteiger partial charge on any atom is -0.338 e. The Morgan fingerprint density at radius 3 is 2.29 bits per heavy atom. The highest BCUT2D eigenvalue weighted by molar-refractivity contribution is 7.18. The highest BCUT2D eigenvalue weighted by Gasteiger charge is 2.17. The smallest absolute Gasteiger partial charge is 0.253 e. The maximum absolute atomic E-state index is 13.2. The molecule has 1 aromatic heterocycles. The summed E-state index contributed by atoms with van der Waals surface area (Å²) in [5, 5.41) is 12.4. The van der Waals surface area contributed by atoms with E-state index in [9.17, 15) is 9.59 Å². The van der Waals surface area contributed by atoms with Crippen LogP contribution in [0, 0.1) is 6.92 Å². The van der Waals surface area contributed by atoms with Crippen LogP contribution in [0.5, 0.6) is 0 Å². The predicted molar refractivity (Wildman–Crippen MR) is 144 cm³/mol. The molecule has 6 nitrogen and oxygen atoms in total. The molecule has 3 rings (SSSR count). The van der Waals surface area contributed by atoms with Crippen molar-refractivity contribution in [1.29, 1.82) is 0 Å². The van der Waals surface area contributed by atoms with Gasteiger partial charge in [-0.25, -0.2) is 0 Å². The van der Waals surface area contributed by atoms with Crippen molar-refractivity contribution < 1.29 is 9.59 Å². The minimum absolute atomic E-state index is 0.0241. The first kappa shape index (κ1) is 26.5. The number of nitrogens with zero attached hydrogens (tertiary/aromatic N) is 3. The first-order valence-electron chi connectivity index (χ1n) is 12.6. The molecular formula is C28H36N4O2S. The van der Waals surface area contributed by atoms with Gasteiger partial charge >= 0.3 is 0 Å². The van der Waals surface area contributed by atoms with E-state index < -0.39 is 0 Å². The van der Waals surface area contributed by atoms with E-state index in [1.807, 2.05) is 43.3 Å². The van der Waals surface area contributed by atoms with Crippen molar-refractivity contribution in [1.82, 2.24) is 15.1 Å². The van der Waals surface area contributed by atoms with E-state index >= 15 is 0 Å². The monoisotopic (exact) mass is 492 g/mol. The predicted octanol–water partition coefficient (Wildman–Crippen LogP) is 6.52. The number of hydrogen-bond donors (Lipinski definition) is 1. The average molecular weight is 493 g/mol. The molecule has 0 aliphatic heterocycles. The van der Waals surface area contributed by atoms with Crippen LogP contribution >= 0.6 is 11.3 Å². The third-order valence-electron chi connectivity index (χ3n) is 5.92. The van der Waals surface area contributed by atoms with Gasteiger partial charge in [0.15, 0.2) is 0 Å². The van der Waals surface area contributed by atoms with Crippen molar-refractivity contribution in [3.8, 4) is 10.6 Å². The van der Waals surface area contributed by atoms with E-state index in [2.05, 4.69) is 41.5 Å². The molecule has 1 heterocycles. The molecule has 2 amide bonds. The van der Waals surface area contributed by atoms with Gasteiger partial charge in [0.2, 0.25) is 11.0 Å². The number of rotatable bonds is 13. The fourth-order valence-electron chi connectivity index (χ4n) is 3.74. The van der Waals surface area contributed by atoms with Gasteiger partial charge in [-0.05, 0) is 43.9 Å². The molecule has 0 atom stereocenters. The molecule has 0 aliphatic rings. The lowest BCUT2D eigenvalue weighted by atomic mass is 10.0. The van der Waals surface area contributed by atoms with Gasteiger partial charge in [-0.3, -0.25) is 9.59 Å². The van der Waals surface area contributed by atoms with Crippen molar-refractivity contribution in [2.45, 2.75) is 65.7 Å². The number of hydrogen-bond acceptors (Lipinski definition) is 5. The zero-order valence-corrected chi connectivity index (χ0v) is 21.9. The van der Waals surface area contributed by atoms with Crippen LogP contribution in [0.3, 0.4) is 0 Å². The summed E-state index contributed by atoms with van der Waals surface area (Å²) < 4.78 is 0. The van der Waals surface area contributed by atoms with Crippen LogP contribution in [-0.2, 0) is 11.2 Å².